The van der Waals surface area contributed by atoms with Crippen molar-refractivity contribution in [1.82, 2.24) is 14.8 Å². The Morgan fingerprint density at radius 2 is 1.93 bits per heavy atom. The monoisotopic (exact) mass is 404 g/mol. The number of rotatable bonds is 6. The van der Waals surface area contributed by atoms with Gasteiger partial charge in [0.25, 0.3) is 5.56 Å². The molecular formula is C22H20N4O2S. The maximum atomic E-state index is 12.9. The summed E-state index contributed by atoms with van der Waals surface area (Å²) in [5.41, 5.74) is 3.68. The molecule has 2 aromatic heterocycles. The molecule has 29 heavy (non-hydrogen) atoms. The van der Waals surface area contributed by atoms with Gasteiger partial charge in [0.2, 0.25) is 5.13 Å². The SMILES string of the molecule is CCOc1ccc(N=Cc2c(C)[nH]n(-c3nc(-c4ccccc4)cs3)c2=O)cc1. The molecule has 7 heteroatoms. The smallest absolute Gasteiger partial charge is 0.282 e. The first-order chi connectivity index (χ1) is 14.2. The van der Waals surface area contributed by atoms with E-state index in [0.717, 1.165) is 28.4 Å². The molecule has 146 valence electrons. The van der Waals surface area contributed by atoms with Crippen LogP contribution in [0, 0.1) is 6.92 Å². The lowest BCUT2D eigenvalue weighted by atomic mass is 10.2. The molecule has 0 radical (unpaired) electrons. The van der Waals surface area contributed by atoms with E-state index in [0.29, 0.717) is 17.3 Å². The van der Waals surface area contributed by atoms with Gasteiger partial charge in [-0.3, -0.25) is 14.9 Å². The second-order valence-electron chi connectivity index (χ2n) is 6.36. The number of aliphatic imine (C=N–C) groups is 1. The maximum Gasteiger partial charge on any atom is 0.282 e. The van der Waals surface area contributed by atoms with Gasteiger partial charge in [-0.05, 0) is 38.1 Å². The Labute approximate surface area is 172 Å². The number of aromatic nitrogens is 3. The molecule has 0 fully saturated rings. The standard InChI is InChI=1S/C22H20N4O2S/c1-3-28-18-11-9-17(10-12-18)23-13-19-15(2)25-26(21(19)27)22-24-20(14-29-22)16-7-5-4-6-8-16/h4-14,25H,3H2,1-2H3. The first kappa shape index (κ1) is 18.9. The van der Waals surface area contributed by atoms with Gasteiger partial charge in [0.05, 0.1) is 23.6 Å². The molecule has 0 aliphatic carbocycles. The fourth-order valence-corrected chi connectivity index (χ4v) is 3.68. The van der Waals surface area contributed by atoms with Crippen LogP contribution in [0.2, 0.25) is 0 Å². The number of ether oxygens (including phenoxy) is 1. The van der Waals surface area contributed by atoms with E-state index in [-0.39, 0.29) is 5.56 Å². The Kier molecular flexibility index (Phi) is 5.39. The molecule has 2 heterocycles. The highest BCUT2D eigenvalue weighted by molar-refractivity contribution is 7.12. The molecule has 4 aromatic rings. The van der Waals surface area contributed by atoms with Crippen LogP contribution < -0.4 is 10.3 Å². The molecule has 0 saturated heterocycles. The topological polar surface area (TPSA) is 72.3 Å². The molecule has 0 aliphatic heterocycles. The maximum absolute atomic E-state index is 12.9. The van der Waals surface area contributed by atoms with Crippen molar-refractivity contribution in [3.63, 3.8) is 0 Å². The zero-order valence-corrected chi connectivity index (χ0v) is 16.9. The van der Waals surface area contributed by atoms with E-state index in [2.05, 4.69) is 15.1 Å². The average Bonchev–Trinajstić information content (AvgIpc) is 3.34. The quantitative estimate of drug-likeness (QED) is 0.472. The number of nitrogens with one attached hydrogen (secondary N) is 1. The first-order valence-corrected chi connectivity index (χ1v) is 10.1. The van der Waals surface area contributed by atoms with E-state index >= 15 is 0 Å². The van der Waals surface area contributed by atoms with Gasteiger partial charge in [0, 0.05) is 22.9 Å². The van der Waals surface area contributed by atoms with Gasteiger partial charge in [-0.2, -0.15) is 4.68 Å². The van der Waals surface area contributed by atoms with Crippen LogP contribution in [-0.2, 0) is 0 Å². The Morgan fingerprint density at radius 1 is 1.17 bits per heavy atom. The van der Waals surface area contributed by atoms with Crippen molar-refractivity contribution in [3.8, 4) is 22.1 Å². The summed E-state index contributed by atoms with van der Waals surface area (Å²) >= 11 is 1.42. The molecule has 0 amide bonds. The fourth-order valence-electron chi connectivity index (χ4n) is 2.89. The van der Waals surface area contributed by atoms with Crippen molar-refractivity contribution in [2.75, 3.05) is 6.61 Å². The summed E-state index contributed by atoms with van der Waals surface area (Å²) in [4.78, 5) is 21.9. The van der Waals surface area contributed by atoms with E-state index in [1.807, 2.05) is 73.8 Å². The summed E-state index contributed by atoms with van der Waals surface area (Å²) in [5.74, 6) is 0.796. The van der Waals surface area contributed by atoms with E-state index in [1.165, 1.54) is 16.0 Å². The van der Waals surface area contributed by atoms with E-state index in [4.69, 9.17) is 4.74 Å². The summed E-state index contributed by atoms with van der Waals surface area (Å²) in [7, 11) is 0. The molecule has 0 saturated carbocycles. The highest BCUT2D eigenvalue weighted by atomic mass is 32.1. The third-order valence-electron chi connectivity index (χ3n) is 4.36. The van der Waals surface area contributed by atoms with Gasteiger partial charge in [0.15, 0.2) is 0 Å². The molecule has 2 aromatic carbocycles. The number of thiazole rings is 1. The minimum Gasteiger partial charge on any atom is -0.494 e. The number of aromatic amines is 1. The van der Waals surface area contributed by atoms with Gasteiger partial charge in [0.1, 0.15) is 5.75 Å². The molecule has 4 rings (SSSR count). The van der Waals surface area contributed by atoms with Crippen LogP contribution >= 0.6 is 11.3 Å². The van der Waals surface area contributed by atoms with E-state index in [9.17, 15) is 4.79 Å². The predicted octanol–water partition coefficient (Wildman–Crippen LogP) is 4.75. The number of nitrogens with zero attached hydrogens (tertiary/aromatic N) is 3. The van der Waals surface area contributed by atoms with Crippen molar-refractivity contribution in [1.29, 1.82) is 0 Å². The Hall–Kier alpha value is -3.45. The van der Waals surface area contributed by atoms with Crippen LogP contribution in [0.1, 0.15) is 18.2 Å². The average molecular weight is 404 g/mol. The van der Waals surface area contributed by atoms with Crippen LogP contribution in [-0.4, -0.2) is 27.6 Å². The Bertz CT molecular complexity index is 1190. The molecule has 1 N–H and O–H groups in total. The lowest BCUT2D eigenvalue weighted by molar-refractivity contribution is 0.340. The lowest BCUT2D eigenvalue weighted by Crippen LogP contribution is -2.17. The minimum absolute atomic E-state index is 0.175. The summed E-state index contributed by atoms with van der Waals surface area (Å²) in [5, 5.41) is 5.64. The molecule has 0 aliphatic rings. The van der Waals surface area contributed by atoms with E-state index < -0.39 is 0 Å². The minimum atomic E-state index is -0.175. The zero-order chi connectivity index (χ0) is 20.2. The number of benzene rings is 2. The van der Waals surface area contributed by atoms with Crippen molar-refractivity contribution in [2.24, 2.45) is 4.99 Å². The lowest BCUT2D eigenvalue weighted by Gasteiger charge is -2.01. The molecule has 0 unspecified atom stereocenters. The molecule has 6 nitrogen and oxygen atoms in total. The van der Waals surface area contributed by atoms with Crippen LogP contribution in [0.25, 0.3) is 16.4 Å². The first-order valence-electron chi connectivity index (χ1n) is 9.25. The third kappa shape index (κ3) is 4.05. The van der Waals surface area contributed by atoms with Gasteiger partial charge in [-0.15, -0.1) is 11.3 Å². The summed E-state index contributed by atoms with van der Waals surface area (Å²) in [6.07, 6.45) is 1.59. The second-order valence-corrected chi connectivity index (χ2v) is 7.19. The van der Waals surface area contributed by atoms with Crippen molar-refractivity contribution in [2.45, 2.75) is 13.8 Å². The molecule has 0 atom stereocenters. The van der Waals surface area contributed by atoms with Crippen LogP contribution in [0.15, 0.2) is 69.8 Å². The van der Waals surface area contributed by atoms with Gasteiger partial charge < -0.3 is 4.74 Å². The number of aryl methyl sites for hydroxylation is 1. The number of hydrogen-bond donors (Lipinski definition) is 1. The third-order valence-corrected chi connectivity index (χ3v) is 5.19. The van der Waals surface area contributed by atoms with Crippen LogP contribution in [0.5, 0.6) is 5.75 Å². The Morgan fingerprint density at radius 3 is 2.66 bits per heavy atom. The van der Waals surface area contributed by atoms with Crippen LogP contribution in [0.3, 0.4) is 0 Å². The Balaban J connectivity index is 1.60. The van der Waals surface area contributed by atoms with Gasteiger partial charge >= 0.3 is 0 Å². The highest BCUT2D eigenvalue weighted by Crippen LogP contribution is 2.23. The second kappa shape index (κ2) is 8.28. The van der Waals surface area contributed by atoms with Crippen molar-refractivity contribution < 1.29 is 4.74 Å². The molecule has 0 bridgehead atoms. The zero-order valence-electron chi connectivity index (χ0n) is 16.1. The normalized spacial score (nSPS) is 11.2. The summed E-state index contributed by atoms with van der Waals surface area (Å²) in [6, 6.07) is 17.3. The predicted molar refractivity (Wildman–Crippen MR) is 117 cm³/mol. The van der Waals surface area contributed by atoms with Crippen LogP contribution in [0.4, 0.5) is 5.69 Å². The number of hydrogen-bond acceptors (Lipinski definition) is 5. The largest absolute Gasteiger partial charge is 0.494 e. The van der Waals surface area contributed by atoms with Gasteiger partial charge in [-0.25, -0.2) is 4.98 Å². The summed E-state index contributed by atoms with van der Waals surface area (Å²) in [6.45, 7) is 4.41. The molecular weight excluding hydrogens is 384 g/mol. The highest BCUT2D eigenvalue weighted by Gasteiger charge is 2.14. The van der Waals surface area contributed by atoms with Crippen molar-refractivity contribution >= 4 is 23.2 Å². The summed E-state index contributed by atoms with van der Waals surface area (Å²) < 4.78 is 6.90. The van der Waals surface area contributed by atoms with Gasteiger partial charge in [-0.1, -0.05) is 30.3 Å². The van der Waals surface area contributed by atoms with E-state index in [1.54, 1.807) is 6.21 Å². The number of H-pyrrole nitrogens is 1. The van der Waals surface area contributed by atoms with Crippen molar-refractivity contribution in [3.05, 3.63) is 81.6 Å². The fraction of sp³-hybridized carbons (Fsp3) is 0.136. The molecule has 0 spiro atoms.